The lowest BCUT2D eigenvalue weighted by Crippen LogP contribution is -2.43. The van der Waals surface area contributed by atoms with Crippen molar-refractivity contribution in [1.29, 1.82) is 0 Å². The van der Waals surface area contributed by atoms with Gasteiger partial charge in [0.25, 0.3) is 5.91 Å². The number of hydrogen-bond donors (Lipinski definition) is 1. The van der Waals surface area contributed by atoms with Gasteiger partial charge in [-0.05, 0) is 80.5 Å². The molecule has 2 fully saturated rings. The second-order valence-corrected chi connectivity index (χ2v) is 10.6. The Morgan fingerprint density at radius 2 is 1.82 bits per heavy atom. The van der Waals surface area contributed by atoms with Gasteiger partial charge < -0.3 is 19.6 Å². The molecule has 0 spiro atoms. The lowest BCUT2D eigenvalue weighted by atomic mass is 9.91. The molecule has 6 heteroatoms. The second kappa shape index (κ2) is 8.94. The van der Waals surface area contributed by atoms with Crippen LogP contribution in [0.1, 0.15) is 67.1 Å². The van der Waals surface area contributed by atoms with Gasteiger partial charge in [-0.25, -0.2) is 0 Å². The number of amides is 1. The normalized spacial score (nSPS) is 25.9. The molecular formula is C27H33ClN2O3. The van der Waals surface area contributed by atoms with Gasteiger partial charge in [-0.3, -0.25) is 4.79 Å². The minimum absolute atomic E-state index is 0.0292. The van der Waals surface area contributed by atoms with Crippen LogP contribution in [0.3, 0.4) is 0 Å². The van der Waals surface area contributed by atoms with Crippen LogP contribution in [0, 0.1) is 5.92 Å². The van der Waals surface area contributed by atoms with Gasteiger partial charge in [-0.2, -0.15) is 0 Å². The number of fused-ring (bicyclic) bond motifs is 3. The van der Waals surface area contributed by atoms with E-state index in [1.54, 1.807) is 4.90 Å². The Morgan fingerprint density at radius 1 is 1.09 bits per heavy atom. The number of halogens is 1. The van der Waals surface area contributed by atoms with Gasteiger partial charge in [-0.1, -0.05) is 37.6 Å². The summed E-state index contributed by atoms with van der Waals surface area (Å²) in [4.78, 5) is 17.5. The van der Waals surface area contributed by atoms with Gasteiger partial charge in [0.05, 0.1) is 11.1 Å². The van der Waals surface area contributed by atoms with Crippen LogP contribution >= 0.6 is 11.6 Å². The molecule has 0 saturated carbocycles. The number of aliphatic hydroxyl groups is 1. The van der Waals surface area contributed by atoms with E-state index in [1.165, 1.54) is 12.8 Å². The smallest absolute Gasteiger partial charge is 0.258 e. The molecule has 3 aliphatic heterocycles. The fraction of sp³-hybridized carbons (Fsp3) is 0.519. The molecule has 2 aromatic rings. The third-order valence-electron chi connectivity index (χ3n) is 7.76. The molecule has 1 amide bonds. The molecule has 1 N–H and O–H groups in total. The summed E-state index contributed by atoms with van der Waals surface area (Å²) in [6.07, 6.45) is 5.01. The Hall–Kier alpha value is -2.08. The molecule has 0 aliphatic carbocycles. The number of hydrogen-bond acceptors (Lipinski definition) is 4. The van der Waals surface area contributed by atoms with Gasteiger partial charge in [0.1, 0.15) is 11.9 Å². The first-order valence-electron chi connectivity index (χ1n) is 12.1. The van der Waals surface area contributed by atoms with E-state index in [2.05, 4.69) is 11.9 Å². The summed E-state index contributed by atoms with van der Waals surface area (Å²) >= 11 is 6.62. The number of rotatable bonds is 5. The number of carbonyl (C=O) groups excluding carboxylic acids is 1. The maximum Gasteiger partial charge on any atom is 0.258 e. The van der Waals surface area contributed by atoms with E-state index >= 15 is 0 Å². The second-order valence-electron chi connectivity index (χ2n) is 10.2. The van der Waals surface area contributed by atoms with Crippen molar-refractivity contribution in [3.63, 3.8) is 0 Å². The fourth-order valence-corrected chi connectivity index (χ4v) is 5.93. The van der Waals surface area contributed by atoms with E-state index in [4.69, 9.17) is 16.3 Å². The number of benzene rings is 2. The summed E-state index contributed by atoms with van der Waals surface area (Å²) in [5.74, 6) is 0.802. The van der Waals surface area contributed by atoms with Gasteiger partial charge in [-0.15, -0.1) is 0 Å². The van der Waals surface area contributed by atoms with Gasteiger partial charge in [0.2, 0.25) is 0 Å². The molecule has 2 aromatic carbocycles. The van der Waals surface area contributed by atoms with Crippen molar-refractivity contribution in [3.8, 4) is 5.75 Å². The van der Waals surface area contributed by atoms with E-state index in [-0.39, 0.29) is 17.9 Å². The molecule has 3 aliphatic rings. The molecule has 2 bridgehead atoms. The van der Waals surface area contributed by atoms with Gasteiger partial charge in [0.15, 0.2) is 0 Å². The summed E-state index contributed by atoms with van der Waals surface area (Å²) in [5.41, 5.74) is 3.35. The van der Waals surface area contributed by atoms with E-state index in [0.717, 1.165) is 36.1 Å². The van der Waals surface area contributed by atoms with E-state index in [1.807, 2.05) is 50.2 Å². The molecule has 176 valence electrons. The highest BCUT2D eigenvalue weighted by Gasteiger charge is 2.39. The zero-order valence-corrected chi connectivity index (χ0v) is 20.4. The average Bonchev–Trinajstić information content (AvgIpc) is 3.00. The topological polar surface area (TPSA) is 53.0 Å². The zero-order chi connectivity index (χ0) is 23.3. The van der Waals surface area contributed by atoms with Crippen LogP contribution in [0.5, 0.6) is 5.75 Å². The summed E-state index contributed by atoms with van der Waals surface area (Å²) in [5, 5.41) is 10.9. The Kier molecular flexibility index (Phi) is 6.15. The minimum Gasteiger partial charge on any atom is -0.489 e. The highest BCUT2D eigenvalue weighted by atomic mass is 35.5. The highest BCUT2D eigenvalue weighted by Crippen LogP contribution is 2.38. The van der Waals surface area contributed by atoms with Crippen LogP contribution in [0.4, 0.5) is 5.69 Å². The number of carbonyl (C=O) groups is 1. The van der Waals surface area contributed by atoms with Crippen molar-refractivity contribution in [2.24, 2.45) is 5.92 Å². The van der Waals surface area contributed by atoms with E-state index < -0.39 is 6.10 Å². The van der Waals surface area contributed by atoms with E-state index in [9.17, 15) is 9.90 Å². The molecule has 33 heavy (non-hydrogen) atoms. The maximum absolute atomic E-state index is 13.2. The molecule has 4 atom stereocenters. The lowest BCUT2D eigenvalue weighted by Gasteiger charge is -2.36. The minimum atomic E-state index is -0.519. The zero-order valence-electron chi connectivity index (χ0n) is 19.6. The molecule has 5 rings (SSSR count). The quantitative estimate of drug-likeness (QED) is 0.652. The number of ether oxygens (including phenoxy) is 1. The fourth-order valence-electron chi connectivity index (χ4n) is 5.71. The first-order chi connectivity index (χ1) is 15.8. The van der Waals surface area contributed by atoms with Gasteiger partial charge in [0, 0.05) is 29.9 Å². The van der Waals surface area contributed by atoms with Crippen molar-refractivity contribution in [2.75, 3.05) is 18.5 Å². The Labute approximate surface area is 201 Å². The van der Waals surface area contributed by atoms with E-state index in [0.29, 0.717) is 35.0 Å². The monoisotopic (exact) mass is 468 g/mol. The van der Waals surface area contributed by atoms with Crippen molar-refractivity contribution in [1.82, 2.24) is 4.90 Å². The maximum atomic E-state index is 13.2. The molecular weight excluding hydrogens is 436 g/mol. The first-order valence-corrected chi connectivity index (χ1v) is 12.5. The van der Waals surface area contributed by atoms with Crippen LogP contribution in [-0.2, 0) is 6.42 Å². The molecule has 5 nitrogen and oxygen atoms in total. The van der Waals surface area contributed by atoms with Crippen molar-refractivity contribution < 1.29 is 14.6 Å². The predicted octanol–water partition coefficient (Wildman–Crippen LogP) is 5.24. The SMILES string of the molecule is CC(C)C(O)c1ccc2c(c1)CCN(c1ccc(O[C@H]3C[C@H]4CC[C@@H](C3)N4C)c(Cl)c1)C2=O. The number of nitrogens with zero attached hydrogens (tertiary/aromatic N) is 2. The predicted molar refractivity (Wildman–Crippen MR) is 131 cm³/mol. The average molecular weight is 469 g/mol. The van der Waals surface area contributed by atoms with Crippen molar-refractivity contribution >= 4 is 23.2 Å². The third-order valence-corrected chi connectivity index (χ3v) is 8.05. The van der Waals surface area contributed by atoms with Crippen molar-refractivity contribution in [2.45, 2.75) is 70.2 Å². The van der Waals surface area contributed by atoms with Crippen LogP contribution in [0.2, 0.25) is 5.02 Å². The van der Waals surface area contributed by atoms with Crippen molar-refractivity contribution in [3.05, 3.63) is 58.1 Å². The molecule has 2 saturated heterocycles. The summed E-state index contributed by atoms with van der Waals surface area (Å²) in [6, 6.07) is 12.6. The number of aliphatic hydroxyl groups excluding tert-OH is 1. The molecule has 3 heterocycles. The van der Waals surface area contributed by atoms with Crippen LogP contribution in [0.15, 0.2) is 36.4 Å². The number of anilines is 1. The molecule has 0 aromatic heterocycles. The Morgan fingerprint density at radius 3 is 2.48 bits per heavy atom. The summed E-state index contributed by atoms with van der Waals surface area (Å²) in [6.45, 7) is 4.57. The summed E-state index contributed by atoms with van der Waals surface area (Å²) in [7, 11) is 2.22. The Balaban J connectivity index is 1.30. The molecule has 1 unspecified atom stereocenters. The standard InChI is InChI=1S/C27H33ClN2O3/c1-16(2)26(31)18-4-8-23-17(12-18)10-11-30(27(23)32)21-7-9-25(24(28)15-21)33-22-13-19-5-6-20(14-22)29(19)3/h4,7-9,12,15-16,19-20,22,26,31H,5-6,10-11,13-14H2,1-3H3/t19-,20+,22+,26?. The highest BCUT2D eigenvalue weighted by molar-refractivity contribution is 6.32. The van der Waals surface area contributed by atoms with Crippen LogP contribution in [0.25, 0.3) is 0 Å². The summed E-state index contributed by atoms with van der Waals surface area (Å²) < 4.78 is 6.31. The van der Waals surface area contributed by atoms with Crippen LogP contribution in [-0.4, -0.2) is 47.7 Å². The Bertz CT molecular complexity index is 1040. The third kappa shape index (κ3) is 4.27. The lowest BCUT2D eigenvalue weighted by molar-refractivity contribution is 0.0662. The van der Waals surface area contributed by atoms with Crippen LogP contribution < -0.4 is 9.64 Å². The molecule has 0 radical (unpaired) electrons. The van der Waals surface area contributed by atoms with Gasteiger partial charge >= 0.3 is 0 Å². The first kappa shape index (κ1) is 22.7. The number of piperidine rings is 1. The largest absolute Gasteiger partial charge is 0.489 e.